The summed E-state index contributed by atoms with van der Waals surface area (Å²) in [5.41, 5.74) is 0.886. The van der Waals surface area contributed by atoms with Crippen LogP contribution in [0.25, 0.3) is 0 Å². The molecule has 0 saturated heterocycles. The standard InChI is InChI=1S/C16H25FN2O/c1-3-18-11-13-7-6-8-14(17)15(13)19(2)12-16(20)9-4-5-10-16/h6-8,18,20H,3-5,9-12H2,1-2H3. The Kier molecular flexibility index (Phi) is 5.00. The van der Waals surface area contributed by atoms with Gasteiger partial charge >= 0.3 is 0 Å². The third-order valence-electron chi connectivity index (χ3n) is 4.08. The molecule has 112 valence electrons. The van der Waals surface area contributed by atoms with Crippen LogP contribution in [0.1, 0.15) is 38.2 Å². The maximum atomic E-state index is 14.2. The van der Waals surface area contributed by atoms with Gasteiger partial charge in [-0.25, -0.2) is 4.39 Å². The number of nitrogens with one attached hydrogen (secondary N) is 1. The first-order valence-electron chi connectivity index (χ1n) is 7.47. The Labute approximate surface area is 120 Å². The van der Waals surface area contributed by atoms with E-state index in [1.54, 1.807) is 6.07 Å². The molecule has 0 spiro atoms. The molecule has 0 unspecified atom stereocenters. The quantitative estimate of drug-likeness (QED) is 0.841. The van der Waals surface area contributed by atoms with Gasteiger partial charge in [-0.1, -0.05) is 31.9 Å². The third-order valence-corrected chi connectivity index (χ3v) is 4.08. The Balaban J connectivity index is 2.17. The molecule has 0 amide bonds. The average Bonchev–Trinajstić information content (AvgIpc) is 2.82. The van der Waals surface area contributed by atoms with Crippen LogP contribution >= 0.6 is 0 Å². The zero-order valence-electron chi connectivity index (χ0n) is 12.5. The second kappa shape index (κ2) is 6.55. The number of likely N-dealkylation sites (N-methyl/N-ethyl adjacent to an activating group) is 1. The molecule has 0 atom stereocenters. The Hall–Kier alpha value is -1.13. The monoisotopic (exact) mass is 280 g/mol. The highest BCUT2D eigenvalue weighted by Crippen LogP contribution is 2.32. The number of nitrogens with zero attached hydrogens (tertiary/aromatic N) is 1. The van der Waals surface area contributed by atoms with Crippen molar-refractivity contribution in [2.45, 2.75) is 44.8 Å². The van der Waals surface area contributed by atoms with E-state index >= 15 is 0 Å². The first-order valence-corrected chi connectivity index (χ1v) is 7.47. The number of benzene rings is 1. The van der Waals surface area contributed by atoms with E-state index in [-0.39, 0.29) is 5.82 Å². The van der Waals surface area contributed by atoms with E-state index in [0.29, 0.717) is 18.8 Å². The average molecular weight is 280 g/mol. The Morgan fingerprint density at radius 2 is 2.05 bits per heavy atom. The lowest BCUT2D eigenvalue weighted by Gasteiger charge is -2.31. The Morgan fingerprint density at radius 1 is 1.35 bits per heavy atom. The molecular weight excluding hydrogens is 255 g/mol. The zero-order valence-corrected chi connectivity index (χ0v) is 12.5. The number of halogens is 1. The van der Waals surface area contributed by atoms with Crippen LogP contribution in [0.4, 0.5) is 10.1 Å². The van der Waals surface area contributed by atoms with Crippen molar-refractivity contribution in [3.05, 3.63) is 29.6 Å². The predicted octanol–water partition coefficient (Wildman–Crippen LogP) is 2.68. The molecule has 0 bridgehead atoms. The molecule has 2 rings (SSSR count). The van der Waals surface area contributed by atoms with Crippen molar-refractivity contribution in [2.75, 3.05) is 25.0 Å². The van der Waals surface area contributed by atoms with Crippen molar-refractivity contribution >= 4 is 5.69 Å². The van der Waals surface area contributed by atoms with Gasteiger partial charge in [0.15, 0.2) is 0 Å². The van der Waals surface area contributed by atoms with Gasteiger partial charge in [0.1, 0.15) is 5.82 Å². The highest BCUT2D eigenvalue weighted by atomic mass is 19.1. The van der Waals surface area contributed by atoms with E-state index in [9.17, 15) is 9.50 Å². The minimum absolute atomic E-state index is 0.218. The number of para-hydroxylation sites is 1. The summed E-state index contributed by atoms with van der Waals surface area (Å²) in [6, 6.07) is 5.17. The summed E-state index contributed by atoms with van der Waals surface area (Å²) in [6.07, 6.45) is 3.75. The molecule has 0 radical (unpaired) electrons. The topological polar surface area (TPSA) is 35.5 Å². The molecule has 4 heteroatoms. The molecule has 0 aromatic heterocycles. The first-order chi connectivity index (χ1) is 9.56. The summed E-state index contributed by atoms with van der Waals surface area (Å²) in [5.74, 6) is -0.218. The first kappa shape index (κ1) is 15.3. The summed E-state index contributed by atoms with van der Waals surface area (Å²) in [5, 5.41) is 13.7. The van der Waals surface area contributed by atoms with E-state index in [4.69, 9.17) is 0 Å². The van der Waals surface area contributed by atoms with E-state index in [2.05, 4.69) is 5.32 Å². The normalized spacial score (nSPS) is 17.4. The van der Waals surface area contributed by atoms with Gasteiger partial charge in [-0.15, -0.1) is 0 Å². The molecule has 1 aliphatic carbocycles. The van der Waals surface area contributed by atoms with Crippen molar-refractivity contribution < 1.29 is 9.50 Å². The second-order valence-electron chi connectivity index (χ2n) is 5.82. The summed E-state index contributed by atoms with van der Waals surface area (Å²) >= 11 is 0. The summed E-state index contributed by atoms with van der Waals surface area (Å²) in [4.78, 5) is 1.87. The van der Waals surface area contributed by atoms with Crippen LogP contribution in [0.5, 0.6) is 0 Å². The number of hydrogen-bond donors (Lipinski definition) is 2. The molecular formula is C16H25FN2O. The molecule has 1 aromatic rings. The minimum Gasteiger partial charge on any atom is -0.388 e. The van der Waals surface area contributed by atoms with Crippen molar-refractivity contribution in [3.8, 4) is 0 Å². The van der Waals surface area contributed by atoms with Crippen LogP contribution in [0.15, 0.2) is 18.2 Å². The maximum Gasteiger partial charge on any atom is 0.146 e. The van der Waals surface area contributed by atoms with E-state index in [0.717, 1.165) is 37.8 Å². The number of aliphatic hydroxyl groups is 1. The van der Waals surface area contributed by atoms with Gasteiger partial charge < -0.3 is 15.3 Å². The molecule has 2 N–H and O–H groups in total. The maximum absolute atomic E-state index is 14.2. The van der Waals surface area contributed by atoms with Gasteiger partial charge in [-0.2, -0.15) is 0 Å². The highest BCUT2D eigenvalue weighted by Gasteiger charge is 2.33. The van der Waals surface area contributed by atoms with Gasteiger partial charge in [-0.05, 0) is 31.0 Å². The third kappa shape index (κ3) is 3.49. The van der Waals surface area contributed by atoms with Crippen molar-refractivity contribution in [1.29, 1.82) is 0 Å². The largest absolute Gasteiger partial charge is 0.388 e. The van der Waals surface area contributed by atoms with Gasteiger partial charge in [-0.3, -0.25) is 0 Å². The number of hydrogen-bond acceptors (Lipinski definition) is 3. The Morgan fingerprint density at radius 3 is 2.70 bits per heavy atom. The number of anilines is 1. The van der Waals surface area contributed by atoms with E-state index < -0.39 is 5.60 Å². The fourth-order valence-electron chi connectivity index (χ4n) is 3.10. The van der Waals surface area contributed by atoms with Crippen molar-refractivity contribution in [2.24, 2.45) is 0 Å². The predicted molar refractivity (Wildman–Crippen MR) is 80.5 cm³/mol. The zero-order chi connectivity index (χ0) is 14.6. The Bertz CT molecular complexity index is 444. The second-order valence-corrected chi connectivity index (χ2v) is 5.82. The van der Waals surface area contributed by atoms with Gasteiger partial charge in [0, 0.05) is 20.1 Å². The fourth-order valence-corrected chi connectivity index (χ4v) is 3.10. The fraction of sp³-hybridized carbons (Fsp3) is 0.625. The molecule has 1 fully saturated rings. The minimum atomic E-state index is -0.660. The van der Waals surface area contributed by atoms with Crippen LogP contribution in [0, 0.1) is 5.82 Å². The van der Waals surface area contributed by atoms with E-state index in [1.165, 1.54) is 6.07 Å². The molecule has 1 aliphatic rings. The van der Waals surface area contributed by atoms with Gasteiger partial charge in [0.2, 0.25) is 0 Å². The molecule has 1 aromatic carbocycles. The molecule has 0 aliphatic heterocycles. The van der Waals surface area contributed by atoms with E-state index in [1.807, 2.05) is 24.9 Å². The van der Waals surface area contributed by atoms with Crippen LogP contribution in [0.3, 0.4) is 0 Å². The molecule has 0 heterocycles. The van der Waals surface area contributed by atoms with Crippen LogP contribution in [0.2, 0.25) is 0 Å². The smallest absolute Gasteiger partial charge is 0.146 e. The molecule has 3 nitrogen and oxygen atoms in total. The molecule has 20 heavy (non-hydrogen) atoms. The van der Waals surface area contributed by atoms with Crippen LogP contribution < -0.4 is 10.2 Å². The lowest BCUT2D eigenvalue weighted by molar-refractivity contribution is 0.0558. The SMILES string of the molecule is CCNCc1cccc(F)c1N(C)CC1(O)CCCC1. The highest BCUT2D eigenvalue weighted by molar-refractivity contribution is 5.54. The summed E-state index contributed by atoms with van der Waals surface area (Å²) in [6.45, 7) is 4.02. The number of rotatable bonds is 6. The lowest BCUT2D eigenvalue weighted by atomic mass is 10.0. The van der Waals surface area contributed by atoms with Crippen molar-refractivity contribution in [1.82, 2.24) is 5.32 Å². The summed E-state index contributed by atoms with van der Waals surface area (Å²) < 4.78 is 14.2. The molecule has 1 saturated carbocycles. The van der Waals surface area contributed by atoms with Crippen LogP contribution in [-0.4, -0.2) is 30.8 Å². The lowest BCUT2D eigenvalue weighted by Crippen LogP contribution is -2.40. The van der Waals surface area contributed by atoms with Gasteiger partial charge in [0.25, 0.3) is 0 Å². The van der Waals surface area contributed by atoms with Crippen LogP contribution in [-0.2, 0) is 6.54 Å². The van der Waals surface area contributed by atoms with Gasteiger partial charge in [0.05, 0.1) is 11.3 Å². The van der Waals surface area contributed by atoms with Crippen molar-refractivity contribution in [3.63, 3.8) is 0 Å². The summed E-state index contributed by atoms with van der Waals surface area (Å²) in [7, 11) is 1.87.